The van der Waals surface area contributed by atoms with Crippen LogP contribution in [0.5, 0.6) is 11.5 Å². The molecule has 0 radical (unpaired) electrons. The van der Waals surface area contributed by atoms with Gasteiger partial charge < -0.3 is 14.6 Å². The highest BCUT2D eigenvalue weighted by Gasteiger charge is 2.56. The lowest BCUT2D eigenvalue weighted by Crippen LogP contribution is -2.60. The molecule has 1 aromatic rings. The van der Waals surface area contributed by atoms with Crippen LogP contribution in [0.2, 0.25) is 0 Å². The molecule has 3 heteroatoms. The van der Waals surface area contributed by atoms with Crippen molar-refractivity contribution in [1.29, 1.82) is 0 Å². The number of hydrogen-bond acceptors (Lipinski definition) is 3. The highest BCUT2D eigenvalue weighted by molar-refractivity contribution is 5.31. The first-order chi connectivity index (χ1) is 9.24. The zero-order valence-corrected chi connectivity index (χ0v) is 11.5. The van der Waals surface area contributed by atoms with Gasteiger partial charge in [-0.3, -0.25) is 0 Å². The topological polar surface area (TPSA) is 38.7 Å². The van der Waals surface area contributed by atoms with E-state index in [1.165, 1.54) is 19.3 Å². The first kappa shape index (κ1) is 12.8. The zero-order valence-electron chi connectivity index (χ0n) is 11.5. The third-order valence-corrected chi connectivity index (χ3v) is 4.86. The maximum absolute atomic E-state index is 10.2. The summed E-state index contributed by atoms with van der Waals surface area (Å²) >= 11 is 0. The van der Waals surface area contributed by atoms with Crippen LogP contribution in [0.15, 0.2) is 24.3 Å². The van der Waals surface area contributed by atoms with E-state index >= 15 is 0 Å². The highest BCUT2D eigenvalue weighted by Crippen LogP contribution is 2.53. The van der Waals surface area contributed by atoms with Gasteiger partial charge in [-0.1, -0.05) is 19.3 Å². The Labute approximate surface area is 114 Å². The fraction of sp³-hybridized carbons (Fsp3) is 0.625. The minimum atomic E-state index is -0.170. The number of methoxy groups -OCH3 is 1. The third kappa shape index (κ3) is 2.20. The van der Waals surface area contributed by atoms with Gasteiger partial charge in [0.1, 0.15) is 17.6 Å². The molecule has 1 spiro atoms. The molecule has 0 heterocycles. The lowest BCUT2D eigenvalue weighted by Gasteiger charge is -2.55. The van der Waals surface area contributed by atoms with Crippen molar-refractivity contribution >= 4 is 0 Å². The largest absolute Gasteiger partial charge is 0.497 e. The van der Waals surface area contributed by atoms with Gasteiger partial charge >= 0.3 is 0 Å². The first-order valence-electron chi connectivity index (χ1n) is 7.23. The summed E-state index contributed by atoms with van der Waals surface area (Å²) in [7, 11) is 1.66. The van der Waals surface area contributed by atoms with E-state index in [1.807, 2.05) is 24.3 Å². The predicted molar refractivity (Wildman–Crippen MR) is 73.6 cm³/mol. The van der Waals surface area contributed by atoms with Crippen molar-refractivity contribution in [1.82, 2.24) is 0 Å². The minimum Gasteiger partial charge on any atom is -0.497 e. The van der Waals surface area contributed by atoms with Crippen molar-refractivity contribution in [2.75, 3.05) is 7.11 Å². The Morgan fingerprint density at radius 2 is 1.68 bits per heavy atom. The average Bonchev–Trinajstić information content (AvgIpc) is 2.48. The van der Waals surface area contributed by atoms with Crippen LogP contribution in [-0.2, 0) is 0 Å². The quantitative estimate of drug-likeness (QED) is 0.909. The van der Waals surface area contributed by atoms with E-state index in [1.54, 1.807) is 7.11 Å². The molecule has 0 amide bonds. The lowest BCUT2D eigenvalue weighted by atomic mass is 9.56. The van der Waals surface area contributed by atoms with Crippen LogP contribution in [0.3, 0.4) is 0 Å². The smallest absolute Gasteiger partial charge is 0.120 e. The summed E-state index contributed by atoms with van der Waals surface area (Å²) in [6.07, 6.45) is 6.73. The average molecular weight is 262 g/mol. The molecule has 3 rings (SSSR count). The normalized spacial score (nSPS) is 28.7. The molecule has 2 aliphatic rings. The summed E-state index contributed by atoms with van der Waals surface area (Å²) in [5.41, 5.74) is 0.0260. The van der Waals surface area contributed by atoms with Gasteiger partial charge in [0.2, 0.25) is 0 Å². The molecule has 3 nitrogen and oxygen atoms in total. The Morgan fingerprint density at radius 3 is 2.26 bits per heavy atom. The van der Waals surface area contributed by atoms with E-state index in [-0.39, 0.29) is 17.6 Å². The number of aliphatic hydroxyl groups excluding tert-OH is 1. The number of hydrogen-bond donors (Lipinski definition) is 1. The van der Waals surface area contributed by atoms with Gasteiger partial charge in [-0.15, -0.1) is 0 Å². The van der Waals surface area contributed by atoms with Crippen molar-refractivity contribution in [3.8, 4) is 11.5 Å². The van der Waals surface area contributed by atoms with Crippen LogP contribution in [0.1, 0.15) is 38.5 Å². The Hall–Kier alpha value is -1.22. The molecule has 1 aromatic carbocycles. The number of ether oxygens (including phenoxy) is 2. The fourth-order valence-electron chi connectivity index (χ4n) is 3.58. The molecule has 2 saturated carbocycles. The molecule has 2 unspecified atom stereocenters. The van der Waals surface area contributed by atoms with Crippen LogP contribution < -0.4 is 9.47 Å². The van der Waals surface area contributed by atoms with Crippen LogP contribution >= 0.6 is 0 Å². The highest BCUT2D eigenvalue weighted by atomic mass is 16.5. The zero-order chi connectivity index (χ0) is 13.3. The molecule has 104 valence electrons. The van der Waals surface area contributed by atoms with Crippen LogP contribution in [0.25, 0.3) is 0 Å². The Balaban J connectivity index is 1.68. The molecule has 0 saturated heterocycles. The molecule has 0 bridgehead atoms. The maximum atomic E-state index is 10.2. The second-order valence-corrected chi connectivity index (χ2v) is 5.83. The molecule has 2 aliphatic carbocycles. The van der Waals surface area contributed by atoms with Crippen molar-refractivity contribution in [2.45, 2.75) is 50.7 Å². The van der Waals surface area contributed by atoms with Crippen molar-refractivity contribution < 1.29 is 14.6 Å². The number of aliphatic hydroxyl groups is 1. The van der Waals surface area contributed by atoms with E-state index in [0.717, 1.165) is 30.8 Å². The third-order valence-electron chi connectivity index (χ3n) is 4.86. The summed E-state index contributed by atoms with van der Waals surface area (Å²) in [5.74, 6) is 1.72. The van der Waals surface area contributed by atoms with Gasteiger partial charge in [-0.2, -0.15) is 0 Å². The summed E-state index contributed by atoms with van der Waals surface area (Å²) in [6, 6.07) is 7.72. The minimum absolute atomic E-state index is 0.0260. The Morgan fingerprint density at radius 1 is 1.05 bits per heavy atom. The van der Waals surface area contributed by atoms with E-state index < -0.39 is 0 Å². The first-order valence-corrected chi connectivity index (χ1v) is 7.23. The standard InChI is InChI=1S/C16H22O3/c1-18-12-5-7-13(8-6-12)19-15-11-14(17)16(15)9-3-2-4-10-16/h5-8,14-15,17H,2-4,9-11H2,1H3. The molecular formula is C16H22O3. The number of benzene rings is 1. The molecule has 19 heavy (non-hydrogen) atoms. The summed E-state index contributed by atoms with van der Waals surface area (Å²) < 4.78 is 11.2. The van der Waals surface area contributed by atoms with Gasteiger partial charge in [0, 0.05) is 11.8 Å². The van der Waals surface area contributed by atoms with Crippen molar-refractivity contribution in [3.63, 3.8) is 0 Å². The van der Waals surface area contributed by atoms with Gasteiger partial charge in [0.05, 0.1) is 13.2 Å². The summed E-state index contributed by atoms with van der Waals surface area (Å²) in [5, 5.41) is 10.2. The molecular weight excluding hydrogens is 240 g/mol. The van der Waals surface area contributed by atoms with Gasteiger partial charge in [-0.25, -0.2) is 0 Å². The Bertz CT molecular complexity index is 420. The maximum Gasteiger partial charge on any atom is 0.120 e. The van der Waals surface area contributed by atoms with E-state index in [9.17, 15) is 5.11 Å². The molecule has 2 fully saturated rings. The van der Waals surface area contributed by atoms with E-state index in [0.29, 0.717) is 0 Å². The monoisotopic (exact) mass is 262 g/mol. The van der Waals surface area contributed by atoms with Crippen molar-refractivity contribution in [2.24, 2.45) is 5.41 Å². The molecule has 1 N–H and O–H groups in total. The summed E-state index contributed by atoms with van der Waals surface area (Å²) in [4.78, 5) is 0. The van der Waals surface area contributed by atoms with Crippen LogP contribution in [0.4, 0.5) is 0 Å². The van der Waals surface area contributed by atoms with Gasteiger partial charge in [-0.05, 0) is 37.1 Å². The van der Waals surface area contributed by atoms with Crippen molar-refractivity contribution in [3.05, 3.63) is 24.3 Å². The fourth-order valence-corrected chi connectivity index (χ4v) is 3.58. The van der Waals surface area contributed by atoms with Crippen LogP contribution in [0, 0.1) is 5.41 Å². The van der Waals surface area contributed by atoms with Gasteiger partial charge in [0.25, 0.3) is 0 Å². The summed E-state index contributed by atoms with van der Waals surface area (Å²) in [6.45, 7) is 0. The Kier molecular flexibility index (Phi) is 3.40. The molecule has 0 aliphatic heterocycles. The van der Waals surface area contributed by atoms with E-state index in [2.05, 4.69) is 0 Å². The lowest BCUT2D eigenvalue weighted by molar-refractivity contribution is -0.172. The molecule has 0 aromatic heterocycles. The number of rotatable bonds is 3. The van der Waals surface area contributed by atoms with Crippen LogP contribution in [-0.4, -0.2) is 24.4 Å². The van der Waals surface area contributed by atoms with E-state index in [4.69, 9.17) is 9.47 Å². The second kappa shape index (κ2) is 5.04. The SMILES string of the molecule is COc1ccc(OC2CC(O)C23CCCCC3)cc1. The predicted octanol–water partition coefficient (Wildman–Crippen LogP) is 3.16. The van der Waals surface area contributed by atoms with Gasteiger partial charge in [0.15, 0.2) is 0 Å². The second-order valence-electron chi connectivity index (χ2n) is 5.83. The molecule has 2 atom stereocenters.